The number of para-hydroxylation sites is 2. The summed E-state index contributed by atoms with van der Waals surface area (Å²) in [4.78, 5) is 14.8. The van der Waals surface area contributed by atoms with Crippen LogP contribution in [0.5, 0.6) is 5.75 Å². The second-order valence-corrected chi connectivity index (χ2v) is 3.87. The molecule has 1 heterocycles. The average Bonchev–Trinajstić information content (AvgIpc) is 2.84. The lowest BCUT2D eigenvalue weighted by molar-refractivity contribution is -0.115. The molecule has 2 rings (SSSR count). The summed E-state index contributed by atoms with van der Waals surface area (Å²) >= 11 is 0. The molecule has 4 heteroatoms. The van der Waals surface area contributed by atoms with Gasteiger partial charge in [0.15, 0.2) is 0 Å². The first-order chi connectivity index (χ1) is 8.79. The van der Waals surface area contributed by atoms with Crippen molar-refractivity contribution in [2.24, 2.45) is 0 Å². The molecule has 0 fully saturated rings. The molecule has 0 atom stereocenters. The molecule has 0 aliphatic rings. The van der Waals surface area contributed by atoms with Crippen molar-refractivity contribution in [3.63, 3.8) is 0 Å². The summed E-state index contributed by atoms with van der Waals surface area (Å²) in [5.41, 5.74) is 1.67. The lowest BCUT2D eigenvalue weighted by Crippen LogP contribution is -2.14. The van der Waals surface area contributed by atoms with Gasteiger partial charge in [0.1, 0.15) is 5.75 Å². The Bertz CT molecular complexity index is 506. The average molecular weight is 244 g/mol. The molecular weight excluding hydrogens is 228 g/mol. The molecule has 0 saturated carbocycles. The first-order valence-electron chi connectivity index (χ1n) is 5.93. The first-order valence-corrected chi connectivity index (χ1v) is 5.93. The normalized spacial score (nSPS) is 10.1. The van der Waals surface area contributed by atoms with E-state index in [2.05, 4.69) is 10.3 Å². The van der Waals surface area contributed by atoms with E-state index in [1.54, 1.807) is 6.20 Å². The molecule has 4 nitrogen and oxygen atoms in total. The van der Waals surface area contributed by atoms with Gasteiger partial charge < -0.3 is 15.0 Å². The van der Waals surface area contributed by atoms with E-state index in [4.69, 9.17) is 4.74 Å². The number of carbonyl (C=O) groups excluding carboxylic acids is 1. The number of amides is 1. The van der Waals surface area contributed by atoms with Crippen molar-refractivity contribution in [2.75, 3.05) is 11.9 Å². The van der Waals surface area contributed by atoms with Crippen molar-refractivity contribution in [3.8, 4) is 5.75 Å². The highest BCUT2D eigenvalue weighted by atomic mass is 16.5. The summed E-state index contributed by atoms with van der Waals surface area (Å²) in [6.45, 7) is 2.49. The summed E-state index contributed by atoms with van der Waals surface area (Å²) in [5, 5.41) is 2.86. The van der Waals surface area contributed by atoms with Crippen LogP contribution in [0.1, 0.15) is 12.5 Å². The van der Waals surface area contributed by atoms with E-state index in [1.807, 2.05) is 43.5 Å². The zero-order chi connectivity index (χ0) is 12.8. The van der Waals surface area contributed by atoms with Gasteiger partial charge in [0.05, 0.1) is 18.7 Å². The lowest BCUT2D eigenvalue weighted by Gasteiger charge is -2.10. The van der Waals surface area contributed by atoms with Crippen molar-refractivity contribution in [1.82, 2.24) is 4.98 Å². The largest absolute Gasteiger partial charge is 0.492 e. The number of carbonyl (C=O) groups is 1. The number of H-pyrrole nitrogens is 1. The molecule has 2 N–H and O–H groups in total. The zero-order valence-corrected chi connectivity index (χ0v) is 10.3. The number of rotatable bonds is 5. The van der Waals surface area contributed by atoms with Gasteiger partial charge in [-0.25, -0.2) is 0 Å². The number of hydrogen-bond donors (Lipinski definition) is 2. The minimum absolute atomic E-state index is 0.0539. The third-order valence-electron chi connectivity index (χ3n) is 2.49. The van der Waals surface area contributed by atoms with Crippen LogP contribution < -0.4 is 10.1 Å². The number of anilines is 1. The third kappa shape index (κ3) is 3.13. The molecule has 0 unspecified atom stereocenters. The molecule has 0 saturated heterocycles. The van der Waals surface area contributed by atoms with E-state index < -0.39 is 0 Å². The minimum Gasteiger partial charge on any atom is -0.492 e. The number of ether oxygens (including phenoxy) is 1. The number of nitrogens with one attached hydrogen (secondary N) is 2. The van der Waals surface area contributed by atoms with Gasteiger partial charge in [-0.2, -0.15) is 0 Å². The van der Waals surface area contributed by atoms with Crippen LogP contribution in [0.15, 0.2) is 42.7 Å². The van der Waals surface area contributed by atoms with Crippen LogP contribution >= 0.6 is 0 Å². The van der Waals surface area contributed by atoms with Crippen LogP contribution in [0.3, 0.4) is 0 Å². The van der Waals surface area contributed by atoms with Crippen molar-refractivity contribution >= 4 is 11.6 Å². The first kappa shape index (κ1) is 12.2. The molecule has 1 amide bonds. The summed E-state index contributed by atoms with van der Waals surface area (Å²) in [6, 6.07) is 9.31. The Balaban J connectivity index is 2.02. The van der Waals surface area contributed by atoms with Gasteiger partial charge >= 0.3 is 0 Å². The Morgan fingerprint density at radius 2 is 2.17 bits per heavy atom. The van der Waals surface area contributed by atoms with Crippen LogP contribution in [-0.2, 0) is 11.2 Å². The zero-order valence-electron chi connectivity index (χ0n) is 10.3. The van der Waals surface area contributed by atoms with E-state index in [1.165, 1.54) is 0 Å². The molecule has 2 aromatic rings. The maximum Gasteiger partial charge on any atom is 0.228 e. The summed E-state index contributed by atoms with van der Waals surface area (Å²) in [5.74, 6) is 0.643. The topological polar surface area (TPSA) is 54.1 Å². The van der Waals surface area contributed by atoms with Crippen LogP contribution in [0.25, 0.3) is 0 Å². The van der Waals surface area contributed by atoms with Gasteiger partial charge in [-0.15, -0.1) is 0 Å². The number of hydrogen-bond acceptors (Lipinski definition) is 2. The molecule has 1 aromatic carbocycles. The number of aromatic nitrogens is 1. The highest BCUT2D eigenvalue weighted by molar-refractivity contribution is 5.93. The predicted molar refractivity (Wildman–Crippen MR) is 70.7 cm³/mol. The molecule has 1 aromatic heterocycles. The van der Waals surface area contributed by atoms with Gasteiger partial charge in [0.25, 0.3) is 0 Å². The molecule has 0 spiro atoms. The minimum atomic E-state index is -0.0539. The molecule has 94 valence electrons. The van der Waals surface area contributed by atoms with E-state index >= 15 is 0 Å². The van der Waals surface area contributed by atoms with Gasteiger partial charge in [-0.1, -0.05) is 12.1 Å². The Morgan fingerprint density at radius 3 is 2.89 bits per heavy atom. The molecule has 0 radical (unpaired) electrons. The molecule has 18 heavy (non-hydrogen) atoms. The highest BCUT2D eigenvalue weighted by Gasteiger charge is 2.08. The fraction of sp³-hybridized carbons (Fsp3) is 0.214. The van der Waals surface area contributed by atoms with Crippen molar-refractivity contribution < 1.29 is 9.53 Å². The third-order valence-corrected chi connectivity index (χ3v) is 2.49. The summed E-state index contributed by atoms with van der Waals surface area (Å²) in [6.07, 6.45) is 3.97. The Hall–Kier alpha value is -2.23. The fourth-order valence-corrected chi connectivity index (χ4v) is 1.70. The Labute approximate surface area is 106 Å². The van der Waals surface area contributed by atoms with E-state index in [0.29, 0.717) is 24.5 Å². The van der Waals surface area contributed by atoms with Crippen LogP contribution in [-0.4, -0.2) is 17.5 Å². The smallest absolute Gasteiger partial charge is 0.228 e. The van der Waals surface area contributed by atoms with Crippen LogP contribution in [0.4, 0.5) is 5.69 Å². The maximum absolute atomic E-state index is 11.9. The van der Waals surface area contributed by atoms with Crippen molar-refractivity contribution in [2.45, 2.75) is 13.3 Å². The van der Waals surface area contributed by atoms with Crippen LogP contribution in [0.2, 0.25) is 0 Å². The monoisotopic (exact) mass is 244 g/mol. The van der Waals surface area contributed by atoms with Gasteiger partial charge in [0.2, 0.25) is 5.91 Å². The maximum atomic E-state index is 11.9. The fourth-order valence-electron chi connectivity index (χ4n) is 1.70. The van der Waals surface area contributed by atoms with Crippen molar-refractivity contribution in [3.05, 3.63) is 48.3 Å². The van der Waals surface area contributed by atoms with Gasteiger partial charge in [-0.3, -0.25) is 4.79 Å². The second kappa shape index (κ2) is 5.91. The quantitative estimate of drug-likeness (QED) is 0.849. The molecule has 0 aliphatic heterocycles. The molecular formula is C14H16N2O2. The van der Waals surface area contributed by atoms with E-state index in [-0.39, 0.29) is 5.91 Å². The lowest BCUT2D eigenvalue weighted by atomic mass is 10.2. The standard InChI is InChI=1S/C14H16N2O2/c1-2-18-13-6-4-3-5-12(13)16-14(17)9-11-7-8-15-10-11/h3-8,10,15H,2,9H2,1H3,(H,16,17). The van der Waals surface area contributed by atoms with Gasteiger partial charge in [0, 0.05) is 12.4 Å². The summed E-state index contributed by atoms with van der Waals surface area (Å²) in [7, 11) is 0. The van der Waals surface area contributed by atoms with Gasteiger partial charge in [-0.05, 0) is 30.7 Å². The van der Waals surface area contributed by atoms with E-state index in [9.17, 15) is 4.79 Å². The Morgan fingerprint density at radius 1 is 1.33 bits per heavy atom. The summed E-state index contributed by atoms with van der Waals surface area (Å²) < 4.78 is 5.45. The predicted octanol–water partition coefficient (Wildman–Crippen LogP) is 2.59. The highest BCUT2D eigenvalue weighted by Crippen LogP contribution is 2.23. The van der Waals surface area contributed by atoms with Crippen molar-refractivity contribution in [1.29, 1.82) is 0 Å². The van der Waals surface area contributed by atoms with Crippen LogP contribution in [0, 0.1) is 0 Å². The number of aromatic amines is 1. The molecule has 0 bridgehead atoms. The SMILES string of the molecule is CCOc1ccccc1NC(=O)Cc1cc[nH]c1. The van der Waals surface area contributed by atoms with E-state index in [0.717, 1.165) is 5.56 Å². The second-order valence-electron chi connectivity index (χ2n) is 3.87. The Kier molecular flexibility index (Phi) is 4.02. The number of benzene rings is 1. The molecule has 0 aliphatic carbocycles.